The maximum absolute atomic E-state index is 12.4. The average molecular weight is 469 g/mol. The molecular weight excluding hydrogens is 440 g/mol. The van der Waals surface area contributed by atoms with Crippen LogP contribution in [0, 0.1) is 16.0 Å². The number of ether oxygens (including phenoxy) is 1. The minimum absolute atomic E-state index is 0.000165. The van der Waals surface area contributed by atoms with E-state index in [0.717, 1.165) is 25.9 Å². The summed E-state index contributed by atoms with van der Waals surface area (Å²) in [6.45, 7) is 3.03. The molecule has 2 aromatic carbocycles. The fourth-order valence-electron chi connectivity index (χ4n) is 3.68. The molecule has 0 atom stereocenters. The van der Waals surface area contributed by atoms with Gasteiger partial charge in [0.1, 0.15) is 5.69 Å². The van der Waals surface area contributed by atoms with E-state index in [1.165, 1.54) is 17.0 Å². The number of hydrogen-bond donors (Lipinski definition) is 1. The lowest BCUT2D eigenvalue weighted by atomic mass is 9.98. The Morgan fingerprint density at radius 3 is 2.29 bits per heavy atom. The first-order valence-electron chi connectivity index (χ1n) is 11.0. The number of nitro groups is 1. The third kappa shape index (κ3) is 6.09. The van der Waals surface area contributed by atoms with Crippen LogP contribution < -0.4 is 10.2 Å². The summed E-state index contributed by atoms with van der Waals surface area (Å²) in [6, 6.07) is 10.5. The van der Waals surface area contributed by atoms with Gasteiger partial charge in [-0.25, -0.2) is 4.79 Å². The Kier molecular flexibility index (Phi) is 7.83. The normalized spacial score (nSPS) is 13.8. The Hall–Kier alpha value is -3.95. The topological polar surface area (TPSA) is 122 Å². The van der Waals surface area contributed by atoms with Gasteiger partial charge in [-0.3, -0.25) is 19.7 Å². The minimum atomic E-state index is -0.830. The number of carbonyl (C=O) groups excluding carboxylic acids is 3. The Balaban J connectivity index is 1.59. The molecular formula is C24H28N4O6. The van der Waals surface area contributed by atoms with Crippen molar-refractivity contribution in [3.63, 3.8) is 0 Å². The van der Waals surface area contributed by atoms with E-state index in [2.05, 4.69) is 12.2 Å². The van der Waals surface area contributed by atoms with Crippen molar-refractivity contribution in [2.24, 2.45) is 5.92 Å². The van der Waals surface area contributed by atoms with Crippen molar-refractivity contribution in [2.75, 3.05) is 44.0 Å². The summed E-state index contributed by atoms with van der Waals surface area (Å²) < 4.78 is 5.04. The quantitative estimate of drug-likeness (QED) is 0.376. The van der Waals surface area contributed by atoms with Crippen LogP contribution in [-0.4, -0.2) is 61.4 Å². The van der Waals surface area contributed by atoms with Gasteiger partial charge >= 0.3 is 5.97 Å². The number of piperidine rings is 1. The molecule has 3 rings (SSSR count). The van der Waals surface area contributed by atoms with Crippen LogP contribution in [0.5, 0.6) is 0 Å². The second-order valence-electron chi connectivity index (χ2n) is 8.53. The second-order valence-corrected chi connectivity index (χ2v) is 8.53. The average Bonchev–Trinajstić information content (AvgIpc) is 2.82. The monoisotopic (exact) mass is 468 g/mol. The highest BCUT2D eigenvalue weighted by Crippen LogP contribution is 2.32. The lowest BCUT2D eigenvalue weighted by Crippen LogP contribution is -2.33. The molecule has 2 amide bonds. The third-order valence-electron chi connectivity index (χ3n) is 5.69. The Bertz CT molecular complexity index is 1080. The van der Waals surface area contributed by atoms with Gasteiger partial charge in [0, 0.05) is 44.5 Å². The van der Waals surface area contributed by atoms with E-state index in [1.54, 1.807) is 44.4 Å². The molecule has 0 radical (unpaired) electrons. The SMILES string of the molecule is CC1CCN(c2ccc(C(=O)OCC(=O)Nc3ccc(C(=O)N(C)C)cc3)cc2[N+](=O)[O-])CC1. The highest BCUT2D eigenvalue weighted by atomic mass is 16.6. The molecule has 0 aromatic heterocycles. The van der Waals surface area contributed by atoms with Gasteiger partial charge < -0.3 is 19.9 Å². The lowest BCUT2D eigenvalue weighted by Gasteiger charge is -2.31. The van der Waals surface area contributed by atoms with Crippen LogP contribution in [0.25, 0.3) is 0 Å². The van der Waals surface area contributed by atoms with Crippen LogP contribution >= 0.6 is 0 Å². The number of nitrogens with zero attached hydrogens (tertiary/aromatic N) is 3. The molecule has 0 aliphatic carbocycles. The first-order chi connectivity index (χ1) is 16.2. The number of nitrogens with one attached hydrogen (secondary N) is 1. The van der Waals surface area contributed by atoms with Crippen molar-refractivity contribution in [1.82, 2.24) is 4.90 Å². The van der Waals surface area contributed by atoms with Crippen LogP contribution in [0.15, 0.2) is 42.5 Å². The number of benzene rings is 2. The van der Waals surface area contributed by atoms with Crippen molar-refractivity contribution in [1.29, 1.82) is 0 Å². The van der Waals surface area contributed by atoms with E-state index in [9.17, 15) is 24.5 Å². The fraction of sp³-hybridized carbons (Fsp3) is 0.375. The van der Waals surface area contributed by atoms with Gasteiger partial charge in [0.2, 0.25) is 0 Å². The molecule has 1 fully saturated rings. The molecule has 10 nitrogen and oxygen atoms in total. The van der Waals surface area contributed by atoms with Crippen molar-refractivity contribution >= 4 is 34.8 Å². The molecule has 180 valence electrons. The van der Waals surface area contributed by atoms with Crippen molar-refractivity contribution < 1.29 is 24.0 Å². The third-order valence-corrected chi connectivity index (χ3v) is 5.69. The summed E-state index contributed by atoms with van der Waals surface area (Å²) in [6.07, 6.45) is 1.90. The van der Waals surface area contributed by atoms with E-state index in [-0.39, 0.29) is 17.2 Å². The largest absolute Gasteiger partial charge is 0.452 e. The van der Waals surface area contributed by atoms with E-state index in [1.807, 2.05) is 4.90 Å². The van der Waals surface area contributed by atoms with Gasteiger partial charge in [0.05, 0.1) is 10.5 Å². The molecule has 1 saturated heterocycles. The predicted molar refractivity (Wildman–Crippen MR) is 127 cm³/mol. The molecule has 2 aromatic rings. The van der Waals surface area contributed by atoms with Crippen LogP contribution in [0.2, 0.25) is 0 Å². The summed E-state index contributed by atoms with van der Waals surface area (Å²) >= 11 is 0. The standard InChI is InChI=1S/C24H28N4O6/c1-16-10-12-27(13-11-16)20-9-6-18(14-21(20)28(32)33)24(31)34-15-22(29)25-19-7-4-17(5-8-19)23(30)26(2)3/h4-9,14,16H,10-13,15H2,1-3H3,(H,25,29). The van der Waals surface area contributed by atoms with E-state index >= 15 is 0 Å². The zero-order valence-corrected chi connectivity index (χ0v) is 19.4. The van der Waals surface area contributed by atoms with Crippen molar-refractivity contribution in [2.45, 2.75) is 19.8 Å². The van der Waals surface area contributed by atoms with Gasteiger partial charge in [-0.1, -0.05) is 6.92 Å². The zero-order chi connectivity index (χ0) is 24.8. The number of rotatable bonds is 7. The number of anilines is 2. The molecule has 0 bridgehead atoms. The molecule has 0 unspecified atom stereocenters. The first-order valence-corrected chi connectivity index (χ1v) is 11.0. The summed E-state index contributed by atoms with van der Waals surface area (Å²) in [5, 5.41) is 14.2. The van der Waals surface area contributed by atoms with E-state index in [0.29, 0.717) is 22.9 Å². The zero-order valence-electron chi connectivity index (χ0n) is 19.4. The Morgan fingerprint density at radius 2 is 1.71 bits per heavy atom. The van der Waals surface area contributed by atoms with Crippen molar-refractivity contribution in [3.05, 3.63) is 63.7 Å². The highest BCUT2D eigenvalue weighted by Gasteiger charge is 2.25. The smallest absolute Gasteiger partial charge is 0.338 e. The van der Waals surface area contributed by atoms with E-state index < -0.39 is 23.4 Å². The van der Waals surface area contributed by atoms with Crippen LogP contribution in [0.1, 0.15) is 40.5 Å². The molecule has 1 N–H and O–H groups in total. The first kappa shape index (κ1) is 24.7. The van der Waals surface area contributed by atoms with Crippen LogP contribution in [-0.2, 0) is 9.53 Å². The lowest BCUT2D eigenvalue weighted by molar-refractivity contribution is -0.384. The van der Waals surface area contributed by atoms with Gasteiger partial charge in [0.25, 0.3) is 17.5 Å². The summed E-state index contributed by atoms with van der Waals surface area (Å²) in [7, 11) is 3.28. The van der Waals surface area contributed by atoms with Gasteiger partial charge in [-0.15, -0.1) is 0 Å². The van der Waals surface area contributed by atoms with Crippen LogP contribution in [0.3, 0.4) is 0 Å². The predicted octanol–water partition coefficient (Wildman–Crippen LogP) is 3.33. The number of hydrogen-bond acceptors (Lipinski definition) is 7. The Labute approximate surface area is 197 Å². The molecule has 0 spiro atoms. The molecule has 1 aliphatic heterocycles. The second kappa shape index (κ2) is 10.8. The van der Waals surface area contributed by atoms with Crippen LogP contribution in [0.4, 0.5) is 17.1 Å². The van der Waals surface area contributed by atoms with Gasteiger partial charge in [-0.05, 0) is 55.2 Å². The number of amides is 2. The maximum atomic E-state index is 12.4. The number of esters is 1. The van der Waals surface area contributed by atoms with E-state index in [4.69, 9.17) is 4.74 Å². The minimum Gasteiger partial charge on any atom is -0.452 e. The molecule has 10 heteroatoms. The van der Waals surface area contributed by atoms with Crippen molar-refractivity contribution in [3.8, 4) is 0 Å². The molecule has 34 heavy (non-hydrogen) atoms. The number of carbonyl (C=O) groups is 3. The Morgan fingerprint density at radius 1 is 1.09 bits per heavy atom. The molecule has 0 saturated carbocycles. The van der Waals surface area contributed by atoms with Gasteiger partial charge in [0.15, 0.2) is 6.61 Å². The van der Waals surface area contributed by atoms with Gasteiger partial charge in [-0.2, -0.15) is 0 Å². The molecule has 1 heterocycles. The highest BCUT2D eigenvalue weighted by molar-refractivity contribution is 5.97. The summed E-state index contributed by atoms with van der Waals surface area (Å²) in [5.74, 6) is -0.992. The number of nitro benzene ring substituents is 1. The summed E-state index contributed by atoms with van der Waals surface area (Å²) in [5.41, 5.74) is 1.22. The summed E-state index contributed by atoms with van der Waals surface area (Å²) in [4.78, 5) is 51.0. The molecule has 1 aliphatic rings. The fourth-order valence-corrected chi connectivity index (χ4v) is 3.68. The maximum Gasteiger partial charge on any atom is 0.338 e.